The lowest BCUT2D eigenvalue weighted by Gasteiger charge is -2.55. The summed E-state index contributed by atoms with van der Waals surface area (Å²) in [6.45, 7) is 0. The highest BCUT2D eigenvalue weighted by Gasteiger charge is 2.54. The maximum Gasteiger partial charge on any atom is 0.318 e. The van der Waals surface area contributed by atoms with Gasteiger partial charge in [-0.1, -0.05) is 0 Å². The molecule has 4 heteroatoms. The molecular formula is C12H18N2O2. The molecule has 16 heavy (non-hydrogen) atoms. The summed E-state index contributed by atoms with van der Waals surface area (Å²) in [7, 11) is 0. The highest BCUT2D eigenvalue weighted by atomic mass is 16.2. The van der Waals surface area contributed by atoms with Gasteiger partial charge in [-0.15, -0.1) is 0 Å². The van der Waals surface area contributed by atoms with Crippen LogP contribution < -0.4 is 11.1 Å². The van der Waals surface area contributed by atoms with Crippen LogP contribution >= 0.6 is 0 Å². The molecule has 4 bridgehead atoms. The summed E-state index contributed by atoms with van der Waals surface area (Å²) in [5.41, 5.74) is 4.78. The third kappa shape index (κ3) is 1.43. The van der Waals surface area contributed by atoms with E-state index < -0.39 is 6.03 Å². The molecule has 0 aromatic rings. The summed E-state index contributed by atoms with van der Waals surface area (Å²) in [5, 5.41) is 2.30. The summed E-state index contributed by atoms with van der Waals surface area (Å²) in [5.74, 6) is 2.03. The standard InChI is InChI=1S/C12H18N2O2/c13-11(16)14-10(15)12-4-7-1-8(5-12)3-9(2-7)6-12/h7-9H,1-6H2,(H3,13,14,15,16). The van der Waals surface area contributed by atoms with Crippen LogP contribution in [0.3, 0.4) is 0 Å². The van der Waals surface area contributed by atoms with Crippen molar-refractivity contribution >= 4 is 11.9 Å². The SMILES string of the molecule is NC(=O)NC(=O)C12CC3CC(CC(C3)C1)C2. The molecule has 4 nitrogen and oxygen atoms in total. The van der Waals surface area contributed by atoms with Crippen molar-refractivity contribution < 1.29 is 9.59 Å². The van der Waals surface area contributed by atoms with E-state index in [2.05, 4.69) is 5.32 Å². The average Bonchev–Trinajstić information content (AvgIpc) is 2.13. The minimum Gasteiger partial charge on any atom is -0.351 e. The minimum absolute atomic E-state index is 0.112. The number of rotatable bonds is 1. The van der Waals surface area contributed by atoms with E-state index in [9.17, 15) is 9.59 Å². The molecule has 0 unspecified atom stereocenters. The van der Waals surface area contributed by atoms with Crippen LogP contribution in [0.2, 0.25) is 0 Å². The fraction of sp³-hybridized carbons (Fsp3) is 0.833. The number of primary amides is 1. The van der Waals surface area contributed by atoms with E-state index in [0.717, 1.165) is 19.3 Å². The van der Waals surface area contributed by atoms with Crippen molar-refractivity contribution in [2.75, 3.05) is 0 Å². The van der Waals surface area contributed by atoms with Gasteiger partial charge in [0, 0.05) is 0 Å². The molecule has 3 N–H and O–H groups in total. The summed E-state index contributed by atoms with van der Waals surface area (Å²) in [4.78, 5) is 22.9. The molecular weight excluding hydrogens is 204 g/mol. The molecule has 88 valence electrons. The van der Waals surface area contributed by atoms with Crippen molar-refractivity contribution in [1.29, 1.82) is 0 Å². The van der Waals surface area contributed by atoms with Crippen molar-refractivity contribution in [3.05, 3.63) is 0 Å². The number of hydrogen-bond donors (Lipinski definition) is 2. The minimum atomic E-state index is -0.708. The van der Waals surface area contributed by atoms with Gasteiger partial charge in [0.15, 0.2) is 0 Å². The highest BCUT2D eigenvalue weighted by molar-refractivity contribution is 5.96. The molecule has 0 atom stereocenters. The van der Waals surface area contributed by atoms with Gasteiger partial charge in [-0.3, -0.25) is 10.1 Å². The van der Waals surface area contributed by atoms with E-state index in [4.69, 9.17) is 5.73 Å². The number of carbonyl (C=O) groups is 2. The zero-order valence-electron chi connectivity index (χ0n) is 9.37. The van der Waals surface area contributed by atoms with E-state index in [0.29, 0.717) is 17.8 Å². The Labute approximate surface area is 94.9 Å². The Bertz CT molecular complexity index is 316. The van der Waals surface area contributed by atoms with Gasteiger partial charge in [-0.25, -0.2) is 4.79 Å². The number of urea groups is 1. The number of amides is 3. The highest BCUT2D eigenvalue weighted by Crippen LogP contribution is 2.60. The van der Waals surface area contributed by atoms with Crippen molar-refractivity contribution in [3.63, 3.8) is 0 Å². The van der Waals surface area contributed by atoms with Gasteiger partial charge in [0.25, 0.3) is 0 Å². The van der Waals surface area contributed by atoms with Gasteiger partial charge < -0.3 is 5.73 Å². The summed E-state index contributed by atoms with van der Waals surface area (Å²) < 4.78 is 0. The van der Waals surface area contributed by atoms with Crippen molar-refractivity contribution in [2.24, 2.45) is 28.9 Å². The lowest BCUT2D eigenvalue weighted by molar-refractivity contribution is -0.144. The number of nitrogens with two attached hydrogens (primary N) is 1. The molecule has 0 aliphatic heterocycles. The average molecular weight is 222 g/mol. The molecule has 0 aromatic heterocycles. The van der Waals surface area contributed by atoms with Gasteiger partial charge in [-0.05, 0) is 56.3 Å². The van der Waals surface area contributed by atoms with Gasteiger partial charge in [0.05, 0.1) is 5.41 Å². The topological polar surface area (TPSA) is 72.2 Å². The van der Waals surface area contributed by atoms with E-state index in [1.165, 1.54) is 19.3 Å². The Hall–Kier alpha value is -1.06. The van der Waals surface area contributed by atoms with Crippen molar-refractivity contribution in [1.82, 2.24) is 5.32 Å². The Morgan fingerprint density at radius 1 is 1.00 bits per heavy atom. The van der Waals surface area contributed by atoms with E-state index in [1.54, 1.807) is 0 Å². The van der Waals surface area contributed by atoms with Gasteiger partial charge in [0.2, 0.25) is 5.91 Å². The first kappa shape index (κ1) is 10.1. The number of carbonyl (C=O) groups excluding carboxylic acids is 2. The molecule has 0 aromatic carbocycles. The third-order valence-electron chi connectivity index (χ3n) is 4.76. The predicted octanol–water partition coefficient (Wildman–Crippen LogP) is 1.40. The Balaban J connectivity index is 1.83. The molecule has 4 rings (SSSR count). The van der Waals surface area contributed by atoms with Crippen LogP contribution in [0.4, 0.5) is 4.79 Å². The van der Waals surface area contributed by atoms with E-state index >= 15 is 0 Å². The second kappa shape index (κ2) is 3.22. The van der Waals surface area contributed by atoms with Gasteiger partial charge in [-0.2, -0.15) is 0 Å². The molecule has 0 spiro atoms. The molecule has 0 saturated heterocycles. The van der Waals surface area contributed by atoms with Crippen LogP contribution in [-0.4, -0.2) is 11.9 Å². The quantitative estimate of drug-likeness (QED) is 0.703. The monoisotopic (exact) mass is 222 g/mol. The Kier molecular flexibility index (Phi) is 2.03. The lowest BCUT2D eigenvalue weighted by Crippen LogP contribution is -2.55. The van der Waals surface area contributed by atoms with Crippen LogP contribution in [0.15, 0.2) is 0 Å². The first-order valence-corrected chi connectivity index (χ1v) is 6.18. The van der Waals surface area contributed by atoms with Gasteiger partial charge >= 0.3 is 6.03 Å². The fourth-order valence-electron chi connectivity index (χ4n) is 4.63. The van der Waals surface area contributed by atoms with Crippen LogP contribution in [-0.2, 0) is 4.79 Å². The van der Waals surface area contributed by atoms with Crippen LogP contribution in [0, 0.1) is 23.2 Å². The molecule has 4 aliphatic rings. The maximum atomic E-state index is 12.1. The summed E-state index contributed by atoms with van der Waals surface area (Å²) >= 11 is 0. The molecule has 0 radical (unpaired) electrons. The molecule has 4 fully saturated rings. The van der Waals surface area contributed by atoms with Crippen molar-refractivity contribution in [3.8, 4) is 0 Å². The largest absolute Gasteiger partial charge is 0.351 e. The maximum absolute atomic E-state index is 12.1. The van der Waals surface area contributed by atoms with Crippen LogP contribution in [0.5, 0.6) is 0 Å². The lowest BCUT2D eigenvalue weighted by atomic mass is 9.49. The molecule has 3 amide bonds. The Morgan fingerprint density at radius 2 is 1.44 bits per heavy atom. The molecule has 4 saturated carbocycles. The first-order chi connectivity index (χ1) is 7.57. The second-order valence-electron chi connectivity index (χ2n) is 6.02. The van der Waals surface area contributed by atoms with Crippen LogP contribution in [0.1, 0.15) is 38.5 Å². The summed E-state index contributed by atoms with van der Waals surface area (Å²) in [6.07, 6.45) is 6.80. The second-order valence-corrected chi connectivity index (χ2v) is 6.02. The first-order valence-electron chi connectivity index (χ1n) is 6.18. The molecule has 0 heterocycles. The van der Waals surface area contributed by atoms with E-state index in [1.807, 2.05) is 0 Å². The van der Waals surface area contributed by atoms with E-state index in [-0.39, 0.29) is 11.3 Å². The smallest absolute Gasteiger partial charge is 0.318 e. The number of imide groups is 1. The third-order valence-corrected chi connectivity index (χ3v) is 4.76. The predicted molar refractivity (Wildman–Crippen MR) is 58.3 cm³/mol. The van der Waals surface area contributed by atoms with Crippen molar-refractivity contribution in [2.45, 2.75) is 38.5 Å². The zero-order chi connectivity index (χ0) is 11.3. The number of nitrogens with one attached hydrogen (secondary N) is 1. The van der Waals surface area contributed by atoms with Crippen LogP contribution in [0.25, 0.3) is 0 Å². The summed E-state index contributed by atoms with van der Waals surface area (Å²) in [6, 6.07) is -0.708. The number of hydrogen-bond acceptors (Lipinski definition) is 2. The van der Waals surface area contributed by atoms with Gasteiger partial charge in [0.1, 0.15) is 0 Å². The Morgan fingerprint density at radius 3 is 1.81 bits per heavy atom. The zero-order valence-corrected chi connectivity index (χ0v) is 9.37. The molecule has 4 aliphatic carbocycles. The fourth-order valence-corrected chi connectivity index (χ4v) is 4.63. The normalized spacial score (nSPS) is 44.4.